The third kappa shape index (κ3) is 1.97. The van der Waals surface area contributed by atoms with E-state index in [2.05, 4.69) is 10.3 Å². The first-order valence-electron chi connectivity index (χ1n) is 6.14. The standard InChI is InChI=1S/C13H15FN2O/c14-12-7-15-4-3-11(12)13(17)8-5-9-1-2-10(6-8)16-9/h3-4,7-10,16H,1-2,5-6H2. The van der Waals surface area contributed by atoms with Crippen LogP contribution < -0.4 is 5.32 Å². The molecule has 1 aromatic rings. The van der Waals surface area contributed by atoms with E-state index < -0.39 is 5.82 Å². The monoisotopic (exact) mass is 234 g/mol. The fourth-order valence-electron chi connectivity index (χ4n) is 3.07. The van der Waals surface area contributed by atoms with Gasteiger partial charge in [0.25, 0.3) is 0 Å². The molecule has 0 aromatic carbocycles. The van der Waals surface area contributed by atoms with Crippen LogP contribution >= 0.6 is 0 Å². The molecule has 2 fully saturated rings. The molecule has 0 spiro atoms. The summed E-state index contributed by atoms with van der Waals surface area (Å²) in [7, 11) is 0. The van der Waals surface area contributed by atoms with Crippen molar-refractivity contribution in [1.82, 2.24) is 10.3 Å². The van der Waals surface area contributed by atoms with Crippen molar-refractivity contribution in [2.75, 3.05) is 0 Å². The lowest BCUT2D eigenvalue weighted by Crippen LogP contribution is -2.40. The van der Waals surface area contributed by atoms with Crippen LogP contribution in [0.2, 0.25) is 0 Å². The van der Waals surface area contributed by atoms with Crippen molar-refractivity contribution < 1.29 is 9.18 Å². The lowest BCUT2D eigenvalue weighted by Gasteiger charge is -2.28. The SMILES string of the molecule is O=C(c1ccncc1F)C1CC2CCC(C1)N2. The van der Waals surface area contributed by atoms with Gasteiger partial charge in [0, 0.05) is 24.2 Å². The molecule has 0 amide bonds. The Morgan fingerprint density at radius 1 is 1.35 bits per heavy atom. The zero-order valence-electron chi connectivity index (χ0n) is 9.53. The molecule has 1 aromatic heterocycles. The van der Waals surface area contributed by atoms with Gasteiger partial charge in [0.1, 0.15) is 0 Å². The summed E-state index contributed by atoms with van der Waals surface area (Å²) in [5, 5.41) is 3.48. The number of nitrogens with one attached hydrogen (secondary N) is 1. The fourth-order valence-corrected chi connectivity index (χ4v) is 3.07. The van der Waals surface area contributed by atoms with E-state index in [-0.39, 0.29) is 17.3 Å². The molecule has 3 heterocycles. The Morgan fingerprint density at radius 2 is 2.06 bits per heavy atom. The first-order valence-corrected chi connectivity index (χ1v) is 6.14. The molecule has 2 aliphatic rings. The molecule has 0 aliphatic carbocycles. The lowest BCUT2D eigenvalue weighted by atomic mass is 9.86. The van der Waals surface area contributed by atoms with Crippen LogP contribution in [0.15, 0.2) is 18.5 Å². The van der Waals surface area contributed by atoms with Crippen LogP contribution in [0.1, 0.15) is 36.0 Å². The van der Waals surface area contributed by atoms with E-state index in [1.807, 2.05) is 0 Å². The predicted octanol–water partition coefficient (Wildman–Crippen LogP) is 1.93. The summed E-state index contributed by atoms with van der Waals surface area (Å²) in [6.45, 7) is 0. The maximum absolute atomic E-state index is 13.5. The van der Waals surface area contributed by atoms with Crippen LogP contribution in [0.25, 0.3) is 0 Å². The zero-order valence-corrected chi connectivity index (χ0v) is 9.53. The molecule has 2 aliphatic heterocycles. The van der Waals surface area contributed by atoms with Gasteiger partial charge in [0.05, 0.1) is 11.8 Å². The van der Waals surface area contributed by atoms with Crippen LogP contribution in [-0.2, 0) is 0 Å². The molecule has 2 unspecified atom stereocenters. The van der Waals surface area contributed by atoms with Crippen LogP contribution in [0.5, 0.6) is 0 Å². The van der Waals surface area contributed by atoms with Crippen molar-refractivity contribution in [3.63, 3.8) is 0 Å². The number of nitrogens with zero attached hydrogens (tertiary/aromatic N) is 1. The van der Waals surface area contributed by atoms with E-state index in [9.17, 15) is 9.18 Å². The number of fused-ring (bicyclic) bond motifs is 2. The molecule has 17 heavy (non-hydrogen) atoms. The highest BCUT2D eigenvalue weighted by Crippen LogP contribution is 2.33. The molecule has 1 N–H and O–H groups in total. The number of ketones is 1. The van der Waals surface area contributed by atoms with Gasteiger partial charge in [0.15, 0.2) is 11.6 Å². The Bertz CT molecular complexity index is 437. The van der Waals surface area contributed by atoms with Crippen LogP contribution in [-0.4, -0.2) is 22.9 Å². The van der Waals surface area contributed by atoms with Gasteiger partial charge in [0.2, 0.25) is 0 Å². The van der Waals surface area contributed by atoms with Crippen molar-refractivity contribution >= 4 is 5.78 Å². The second-order valence-electron chi connectivity index (χ2n) is 5.03. The Balaban J connectivity index is 1.81. The topological polar surface area (TPSA) is 42.0 Å². The minimum absolute atomic E-state index is 0.0225. The number of aromatic nitrogens is 1. The maximum atomic E-state index is 13.5. The summed E-state index contributed by atoms with van der Waals surface area (Å²) in [5.41, 5.74) is 0.200. The van der Waals surface area contributed by atoms with Gasteiger partial charge in [-0.05, 0) is 31.7 Å². The minimum atomic E-state index is -0.497. The van der Waals surface area contributed by atoms with Gasteiger partial charge in [-0.1, -0.05) is 0 Å². The first kappa shape index (κ1) is 10.8. The predicted molar refractivity (Wildman–Crippen MR) is 61.2 cm³/mol. The van der Waals surface area contributed by atoms with Gasteiger partial charge in [-0.3, -0.25) is 9.78 Å². The average molecular weight is 234 g/mol. The largest absolute Gasteiger partial charge is 0.311 e. The van der Waals surface area contributed by atoms with Crippen molar-refractivity contribution in [2.45, 2.75) is 37.8 Å². The van der Waals surface area contributed by atoms with Crippen LogP contribution in [0, 0.1) is 11.7 Å². The summed E-state index contributed by atoms with van der Waals surface area (Å²) in [6.07, 6.45) is 6.57. The normalized spacial score (nSPS) is 31.5. The van der Waals surface area contributed by atoms with Crippen LogP contribution in [0.3, 0.4) is 0 Å². The summed E-state index contributed by atoms with van der Waals surface area (Å²) in [5.74, 6) is -0.572. The molecule has 0 saturated carbocycles. The van der Waals surface area contributed by atoms with Crippen molar-refractivity contribution in [2.24, 2.45) is 5.92 Å². The lowest BCUT2D eigenvalue weighted by molar-refractivity contribution is 0.0871. The molecule has 2 atom stereocenters. The number of Topliss-reactive ketones (excluding diaryl/α,β-unsaturated/α-hetero) is 1. The van der Waals surface area contributed by atoms with E-state index in [0.29, 0.717) is 12.1 Å². The van der Waals surface area contributed by atoms with Crippen molar-refractivity contribution in [3.8, 4) is 0 Å². The second-order valence-corrected chi connectivity index (χ2v) is 5.03. The quantitative estimate of drug-likeness (QED) is 0.795. The third-order valence-corrected chi connectivity index (χ3v) is 3.88. The summed E-state index contributed by atoms with van der Waals surface area (Å²) >= 11 is 0. The highest BCUT2D eigenvalue weighted by atomic mass is 19.1. The highest BCUT2D eigenvalue weighted by molar-refractivity contribution is 5.98. The Morgan fingerprint density at radius 3 is 2.71 bits per heavy atom. The van der Waals surface area contributed by atoms with Gasteiger partial charge < -0.3 is 5.32 Å². The maximum Gasteiger partial charge on any atom is 0.169 e. The number of hydrogen-bond acceptors (Lipinski definition) is 3. The summed E-state index contributed by atoms with van der Waals surface area (Å²) in [4.78, 5) is 15.9. The molecule has 3 rings (SSSR count). The number of halogens is 1. The van der Waals surface area contributed by atoms with Gasteiger partial charge in [-0.15, -0.1) is 0 Å². The van der Waals surface area contributed by atoms with Crippen LogP contribution in [0.4, 0.5) is 4.39 Å². The molecule has 2 saturated heterocycles. The Labute approximate surface area is 99.4 Å². The molecule has 90 valence electrons. The molecule has 0 radical (unpaired) electrons. The highest BCUT2D eigenvalue weighted by Gasteiger charge is 2.37. The number of carbonyl (C=O) groups is 1. The van der Waals surface area contributed by atoms with E-state index in [0.717, 1.165) is 31.9 Å². The number of piperidine rings is 1. The molecule has 4 heteroatoms. The van der Waals surface area contributed by atoms with Gasteiger partial charge >= 0.3 is 0 Å². The van der Waals surface area contributed by atoms with E-state index in [1.54, 1.807) is 0 Å². The number of hydrogen-bond donors (Lipinski definition) is 1. The van der Waals surface area contributed by atoms with Crippen molar-refractivity contribution in [3.05, 3.63) is 29.8 Å². The number of carbonyl (C=O) groups excluding carboxylic acids is 1. The molecule has 3 nitrogen and oxygen atoms in total. The molecule has 2 bridgehead atoms. The Hall–Kier alpha value is -1.29. The van der Waals surface area contributed by atoms with Gasteiger partial charge in [-0.25, -0.2) is 4.39 Å². The third-order valence-electron chi connectivity index (χ3n) is 3.88. The van der Waals surface area contributed by atoms with E-state index in [1.165, 1.54) is 12.3 Å². The van der Waals surface area contributed by atoms with E-state index in [4.69, 9.17) is 0 Å². The molecular formula is C13H15FN2O. The zero-order chi connectivity index (χ0) is 11.8. The Kier molecular flexibility index (Phi) is 2.67. The molecular weight excluding hydrogens is 219 g/mol. The number of pyridine rings is 1. The first-order chi connectivity index (χ1) is 8.24. The smallest absolute Gasteiger partial charge is 0.169 e. The minimum Gasteiger partial charge on any atom is -0.311 e. The second kappa shape index (κ2) is 4.18. The average Bonchev–Trinajstić information content (AvgIpc) is 2.68. The van der Waals surface area contributed by atoms with E-state index >= 15 is 0 Å². The fraction of sp³-hybridized carbons (Fsp3) is 0.538. The summed E-state index contributed by atoms with van der Waals surface area (Å²) < 4.78 is 13.5. The van der Waals surface area contributed by atoms with Crippen molar-refractivity contribution in [1.29, 1.82) is 0 Å². The number of rotatable bonds is 2. The summed E-state index contributed by atoms with van der Waals surface area (Å²) in [6, 6.07) is 2.39. The van der Waals surface area contributed by atoms with Gasteiger partial charge in [-0.2, -0.15) is 0 Å².